The van der Waals surface area contributed by atoms with Gasteiger partial charge in [-0.1, -0.05) is 10.3 Å². The van der Waals surface area contributed by atoms with Crippen molar-refractivity contribution in [1.29, 1.82) is 0 Å². The molecule has 0 unspecified atom stereocenters. The highest BCUT2D eigenvalue weighted by atomic mass is 19.1. The number of nitrogens with zero attached hydrogens (tertiary/aromatic N) is 2. The van der Waals surface area contributed by atoms with Crippen molar-refractivity contribution in [1.82, 2.24) is 25.9 Å². The minimum Gasteiger partial charge on any atom is -0.391 e. The number of carbonyl (C=O) groups excluding carboxylic acids is 2. The summed E-state index contributed by atoms with van der Waals surface area (Å²) in [6, 6.07) is 5.18. The molecular formula is C19H20FN5O4. The molecule has 1 aliphatic carbocycles. The summed E-state index contributed by atoms with van der Waals surface area (Å²) in [4.78, 5) is 27.8. The number of hydrogen-bond acceptors (Lipinski definition) is 6. The summed E-state index contributed by atoms with van der Waals surface area (Å²) in [7, 11) is 0. The summed E-state index contributed by atoms with van der Waals surface area (Å²) in [6.45, 7) is 1.91. The summed E-state index contributed by atoms with van der Waals surface area (Å²) in [5.74, 6) is -1.48. The Kier molecular flexibility index (Phi) is 5.01. The van der Waals surface area contributed by atoms with Gasteiger partial charge in [0.1, 0.15) is 22.9 Å². The van der Waals surface area contributed by atoms with Gasteiger partial charge in [-0.05, 0) is 44.0 Å². The molecule has 2 aromatic heterocycles. The van der Waals surface area contributed by atoms with E-state index in [2.05, 4.69) is 30.6 Å². The Morgan fingerprint density at radius 1 is 1.31 bits per heavy atom. The van der Waals surface area contributed by atoms with E-state index in [0.29, 0.717) is 28.7 Å². The van der Waals surface area contributed by atoms with Crippen LogP contribution >= 0.6 is 0 Å². The number of aryl methyl sites for hydroxylation is 1. The summed E-state index contributed by atoms with van der Waals surface area (Å²) in [5, 5.41) is 23.7. The zero-order chi connectivity index (χ0) is 20.5. The van der Waals surface area contributed by atoms with E-state index >= 15 is 0 Å². The highest BCUT2D eigenvalue weighted by molar-refractivity contribution is 5.98. The molecule has 29 heavy (non-hydrogen) atoms. The van der Waals surface area contributed by atoms with Gasteiger partial charge >= 0.3 is 0 Å². The van der Waals surface area contributed by atoms with Gasteiger partial charge in [0.2, 0.25) is 5.91 Å². The number of H-pyrrole nitrogens is 1. The van der Waals surface area contributed by atoms with Crippen molar-refractivity contribution in [3.05, 3.63) is 47.2 Å². The number of aromatic amines is 1. The monoisotopic (exact) mass is 401 g/mol. The maximum Gasteiger partial charge on any atom is 0.268 e. The lowest BCUT2D eigenvalue weighted by atomic mass is 10.1. The zero-order valence-corrected chi connectivity index (χ0v) is 15.6. The quantitative estimate of drug-likeness (QED) is 0.507. The molecular weight excluding hydrogens is 381 g/mol. The maximum absolute atomic E-state index is 13.3. The molecule has 0 spiro atoms. The smallest absolute Gasteiger partial charge is 0.268 e. The molecule has 1 saturated carbocycles. The van der Waals surface area contributed by atoms with Crippen LogP contribution in [0.1, 0.15) is 34.7 Å². The van der Waals surface area contributed by atoms with Gasteiger partial charge in [0.05, 0.1) is 18.7 Å². The zero-order valence-electron chi connectivity index (χ0n) is 15.6. The van der Waals surface area contributed by atoms with Crippen molar-refractivity contribution >= 4 is 22.7 Å². The Balaban J connectivity index is 1.35. The predicted octanol–water partition coefficient (Wildman–Crippen LogP) is 1.18. The highest BCUT2D eigenvalue weighted by Crippen LogP contribution is 2.27. The van der Waals surface area contributed by atoms with Gasteiger partial charge in [-0.25, -0.2) is 9.02 Å². The molecule has 1 fully saturated rings. The molecule has 0 aliphatic heterocycles. The first-order valence-corrected chi connectivity index (χ1v) is 9.23. The van der Waals surface area contributed by atoms with E-state index in [1.165, 1.54) is 12.1 Å². The van der Waals surface area contributed by atoms with Gasteiger partial charge in [0.25, 0.3) is 5.91 Å². The van der Waals surface area contributed by atoms with Crippen LogP contribution in [-0.4, -0.2) is 44.4 Å². The molecule has 2 heterocycles. The van der Waals surface area contributed by atoms with Crippen LogP contribution in [0.4, 0.5) is 4.39 Å². The van der Waals surface area contributed by atoms with E-state index < -0.39 is 24.0 Å². The lowest BCUT2D eigenvalue weighted by molar-refractivity contribution is -0.125. The number of rotatable bonds is 5. The van der Waals surface area contributed by atoms with Crippen LogP contribution < -0.4 is 10.6 Å². The van der Waals surface area contributed by atoms with Gasteiger partial charge in [-0.15, -0.1) is 0 Å². The van der Waals surface area contributed by atoms with Crippen LogP contribution in [0.2, 0.25) is 0 Å². The molecule has 0 radical (unpaired) electrons. The SMILES string of the molecule is Cc1nonc1CNC(=O)[C@@H]1C[C@@H](O)[C@H](NC(=O)c2cc3cc(F)ccc3[nH]2)C1. The van der Waals surface area contributed by atoms with Crippen LogP contribution in [0.3, 0.4) is 0 Å². The molecule has 3 atom stereocenters. The van der Waals surface area contributed by atoms with Crippen LogP contribution in [0.25, 0.3) is 10.9 Å². The Morgan fingerprint density at radius 3 is 2.90 bits per heavy atom. The number of aliphatic hydroxyl groups is 1. The fourth-order valence-electron chi connectivity index (χ4n) is 3.58. The van der Waals surface area contributed by atoms with Crippen molar-refractivity contribution in [3.8, 4) is 0 Å². The molecule has 2 amide bonds. The Hall–Kier alpha value is -3.27. The van der Waals surface area contributed by atoms with E-state index in [9.17, 15) is 19.1 Å². The maximum atomic E-state index is 13.3. The number of fused-ring (bicyclic) bond motifs is 1. The lowest BCUT2D eigenvalue weighted by Gasteiger charge is -2.15. The van der Waals surface area contributed by atoms with E-state index in [-0.39, 0.29) is 30.4 Å². The third-order valence-corrected chi connectivity index (χ3v) is 5.22. The summed E-state index contributed by atoms with van der Waals surface area (Å²) >= 11 is 0. The molecule has 1 aromatic carbocycles. The molecule has 0 bridgehead atoms. The van der Waals surface area contributed by atoms with Crippen LogP contribution in [-0.2, 0) is 11.3 Å². The van der Waals surface area contributed by atoms with Crippen molar-refractivity contribution in [3.63, 3.8) is 0 Å². The van der Waals surface area contributed by atoms with Crippen LogP contribution in [0.5, 0.6) is 0 Å². The normalized spacial score (nSPS) is 21.4. The summed E-state index contributed by atoms with van der Waals surface area (Å²) < 4.78 is 17.9. The van der Waals surface area contributed by atoms with E-state index in [1.54, 1.807) is 19.1 Å². The van der Waals surface area contributed by atoms with Crippen molar-refractivity contribution in [2.24, 2.45) is 5.92 Å². The number of carbonyl (C=O) groups is 2. The number of aromatic nitrogens is 3. The Labute approximate surface area is 164 Å². The average Bonchev–Trinajstić information content (AvgIpc) is 3.38. The first-order valence-electron chi connectivity index (χ1n) is 9.23. The Bertz CT molecular complexity index is 1060. The molecule has 0 saturated heterocycles. The second-order valence-electron chi connectivity index (χ2n) is 7.24. The molecule has 9 nitrogen and oxygen atoms in total. The average molecular weight is 401 g/mol. The first-order chi connectivity index (χ1) is 13.9. The second kappa shape index (κ2) is 7.63. The number of nitrogens with one attached hydrogen (secondary N) is 3. The summed E-state index contributed by atoms with van der Waals surface area (Å²) in [5.41, 5.74) is 2.04. The van der Waals surface area contributed by atoms with Gasteiger partial charge < -0.3 is 20.7 Å². The predicted molar refractivity (Wildman–Crippen MR) is 99.1 cm³/mol. The lowest BCUT2D eigenvalue weighted by Crippen LogP contribution is -2.40. The molecule has 1 aliphatic rings. The number of aliphatic hydroxyl groups excluding tert-OH is 1. The van der Waals surface area contributed by atoms with Gasteiger partial charge in [-0.2, -0.15) is 0 Å². The molecule has 3 aromatic rings. The minimum absolute atomic E-state index is 0.184. The minimum atomic E-state index is -0.841. The fourth-order valence-corrected chi connectivity index (χ4v) is 3.58. The van der Waals surface area contributed by atoms with Crippen molar-refractivity contribution < 1.29 is 23.7 Å². The third-order valence-electron chi connectivity index (χ3n) is 5.22. The third kappa shape index (κ3) is 3.97. The number of benzene rings is 1. The van der Waals surface area contributed by atoms with Crippen molar-refractivity contribution in [2.75, 3.05) is 0 Å². The largest absolute Gasteiger partial charge is 0.391 e. The summed E-state index contributed by atoms with van der Waals surface area (Å²) in [6.07, 6.45) is -0.291. The van der Waals surface area contributed by atoms with Crippen molar-refractivity contribution in [2.45, 2.75) is 38.5 Å². The van der Waals surface area contributed by atoms with Gasteiger partial charge in [-0.3, -0.25) is 9.59 Å². The van der Waals surface area contributed by atoms with Gasteiger partial charge in [0, 0.05) is 16.8 Å². The standard InChI is InChI=1S/C19H20FN5O4/c1-9-16(25-29-24-9)8-21-18(27)11-6-14(17(26)7-11)23-19(28)15-5-10-4-12(20)2-3-13(10)22-15/h2-5,11,14,17,22,26H,6-8H2,1H3,(H,21,27)(H,23,28)/t11-,14+,17+/m0/s1. The molecule has 10 heteroatoms. The highest BCUT2D eigenvalue weighted by Gasteiger charge is 2.38. The number of hydrogen-bond donors (Lipinski definition) is 4. The van der Waals surface area contributed by atoms with E-state index in [0.717, 1.165) is 0 Å². The number of amides is 2. The van der Waals surface area contributed by atoms with Crippen LogP contribution in [0, 0.1) is 18.7 Å². The van der Waals surface area contributed by atoms with E-state index in [4.69, 9.17) is 0 Å². The van der Waals surface area contributed by atoms with Gasteiger partial charge in [0.15, 0.2) is 0 Å². The fraction of sp³-hybridized carbons (Fsp3) is 0.368. The Morgan fingerprint density at radius 2 is 2.14 bits per heavy atom. The first kappa shape index (κ1) is 19.1. The molecule has 4 rings (SSSR count). The second-order valence-corrected chi connectivity index (χ2v) is 7.24. The van der Waals surface area contributed by atoms with Crippen LogP contribution in [0.15, 0.2) is 28.9 Å². The van der Waals surface area contributed by atoms with E-state index in [1.807, 2.05) is 0 Å². The topological polar surface area (TPSA) is 133 Å². The molecule has 152 valence electrons. The molecule has 4 N–H and O–H groups in total. The number of halogens is 1.